The highest BCUT2D eigenvalue weighted by atomic mass is 16.5. The minimum atomic E-state index is -1.70. The van der Waals surface area contributed by atoms with Gasteiger partial charge in [-0.1, -0.05) is 0 Å². The summed E-state index contributed by atoms with van der Waals surface area (Å²) in [7, 11) is 0. The molecular formula is C11H17NO8. The standard InChI is InChI=1S/C11H17NO8/c1-4(14)12-8-5(15)2-7(11(18)19)20-10(8)9(17)6(16)3-13/h2,5-6,8-10,13,15-17H,3H2,1H3,(H,12,14)(H,18,19)/t5?,6-,8?,9-,10?/m0/s1. The van der Waals surface area contributed by atoms with Crippen LogP contribution in [0, 0.1) is 0 Å². The maximum absolute atomic E-state index is 11.1. The molecule has 1 amide bonds. The van der Waals surface area contributed by atoms with E-state index in [1.807, 2.05) is 0 Å². The molecule has 1 heterocycles. The van der Waals surface area contributed by atoms with Crippen molar-refractivity contribution in [1.82, 2.24) is 5.32 Å². The van der Waals surface area contributed by atoms with Gasteiger partial charge in [-0.25, -0.2) is 4.79 Å². The monoisotopic (exact) mass is 291 g/mol. The van der Waals surface area contributed by atoms with Gasteiger partial charge in [0.05, 0.1) is 12.6 Å². The molecule has 1 rings (SSSR count). The summed E-state index contributed by atoms with van der Waals surface area (Å²) in [5.41, 5.74) is 0. The predicted octanol–water partition coefficient (Wildman–Crippen LogP) is -3.07. The second kappa shape index (κ2) is 6.66. The molecule has 0 saturated carbocycles. The van der Waals surface area contributed by atoms with Crippen molar-refractivity contribution < 1.29 is 39.9 Å². The molecular weight excluding hydrogens is 274 g/mol. The van der Waals surface area contributed by atoms with Crippen LogP contribution >= 0.6 is 0 Å². The molecule has 0 aromatic rings. The van der Waals surface area contributed by atoms with Crippen LogP contribution in [0.25, 0.3) is 0 Å². The number of carbonyl (C=O) groups excluding carboxylic acids is 1. The molecule has 0 spiro atoms. The molecule has 0 aromatic carbocycles. The first-order chi connectivity index (χ1) is 9.27. The van der Waals surface area contributed by atoms with Crippen LogP contribution in [0.4, 0.5) is 0 Å². The molecule has 6 N–H and O–H groups in total. The van der Waals surface area contributed by atoms with Crippen LogP contribution in [-0.2, 0) is 14.3 Å². The topological polar surface area (TPSA) is 157 Å². The number of hydrogen-bond acceptors (Lipinski definition) is 7. The van der Waals surface area contributed by atoms with Crippen molar-refractivity contribution in [3.8, 4) is 0 Å². The average molecular weight is 291 g/mol. The molecule has 3 unspecified atom stereocenters. The van der Waals surface area contributed by atoms with Gasteiger partial charge in [-0.15, -0.1) is 0 Å². The van der Waals surface area contributed by atoms with Crippen molar-refractivity contribution in [2.75, 3.05) is 6.61 Å². The summed E-state index contributed by atoms with van der Waals surface area (Å²) < 4.78 is 4.98. The van der Waals surface area contributed by atoms with Crippen molar-refractivity contribution in [3.05, 3.63) is 11.8 Å². The average Bonchev–Trinajstić information content (AvgIpc) is 2.38. The van der Waals surface area contributed by atoms with Crippen molar-refractivity contribution in [2.24, 2.45) is 0 Å². The van der Waals surface area contributed by atoms with Gasteiger partial charge in [0.15, 0.2) is 6.10 Å². The first kappa shape index (κ1) is 16.4. The van der Waals surface area contributed by atoms with Gasteiger partial charge in [-0.2, -0.15) is 0 Å². The van der Waals surface area contributed by atoms with E-state index < -0.39 is 54.7 Å². The number of aliphatic hydroxyl groups is 4. The van der Waals surface area contributed by atoms with Gasteiger partial charge in [0.25, 0.3) is 0 Å². The number of nitrogens with one attached hydrogen (secondary N) is 1. The Balaban J connectivity index is 3.04. The minimum absolute atomic E-state index is 0.541. The van der Waals surface area contributed by atoms with Gasteiger partial charge < -0.3 is 35.6 Å². The highest BCUT2D eigenvalue weighted by Gasteiger charge is 2.42. The molecule has 1 aliphatic heterocycles. The number of carbonyl (C=O) groups is 2. The SMILES string of the molecule is CC(=O)NC1C(O)C=C(C(=O)O)OC1[C@@H](O)[C@@H](O)CO. The van der Waals surface area contributed by atoms with Crippen LogP contribution in [0.1, 0.15) is 6.92 Å². The first-order valence-electron chi connectivity index (χ1n) is 5.81. The van der Waals surface area contributed by atoms with E-state index >= 15 is 0 Å². The third-order valence-corrected chi connectivity index (χ3v) is 2.81. The third kappa shape index (κ3) is 3.67. The molecule has 0 bridgehead atoms. The summed E-state index contributed by atoms with van der Waals surface area (Å²) in [4.78, 5) is 21.9. The zero-order valence-electron chi connectivity index (χ0n) is 10.6. The van der Waals surface area contributed by atoms with Gasteiger partial charge in [0.2, 0.25) is 11.7 Å². The Morgan fingerprint density at radius 3 is 2.50 bits per heavy atom. The van der Waals surface area contributed by atoms with Crippen LogP contribution in [0.15, 0.2) is 11.8 Å². The second-order valence-corrected chi connectivity index (χ2v) is 4.38. The van der Waals surface area contributed by atoms with Crippen LogP contribution in [0.2, 0.25) is 0 Å². The highest BCUT2D eigenvalue weighted by Crippen LogP contribution is 2.22. The van der Waals surface area contributed by atoms with E-state index in [0.717, 1.165) is 13.0 Å². The lowest BCUT2D eigenvalue weighted by Crippen LogP contribution is -2.59. The fraction of sp³-hybridized carbons (Fsp3) is 0.636. The smallest absolute Gasteiger partial charge is 0.370 e. The summed E-state index contributed by atoms with van der Waals surface area (Å²) >= 11 is 0. The summed E-state index contributed by atoms with van der Waals surface area (Å²) in [6.07, 6.45) is -5.29. The normalized spacial score (nSPS) is 28.9. The number of rotatable bonds is 5. The fourth-order valence-corrected chi connectivity index (χ4v) is 1.85. The number of carboxylic acid groups (broad SMARTS) is 1. The third-order valence-electron chi connectivity index (χ3n) is 2.81. The molecule has 114 valence electrons. The van der Waals surface area contributed by atoms with Crippen molar-refractivity contribution >= 4 is 11.9 Å². The number of aliphatic hydroxyl groups excluding tert-OH is 4. The molecule has 0 saturated heterocycles. The molecule has 9 nitrogen and oxygen atoms in total. The Kier molecular flexibility index (Phi) is 5.45. The largest absolute Gasteiger partial charge is 0.478 e. The summed E-state index contributed by atoms with van der Waals surface area (Å²) in [5, 5.41) is 49.0. The van der Waals surface area contributed by atoms with Gasteiger partial charge >= 0.3 is 5.97 Å². The van der Waals surface area contributed by atoms with E-state index in [-0.39, 0.29) is 0 Å². The Morgan fingerprint density at radius 1 is 1.45 bits per heavy atom. The van der Waals surface area contributed by atoms with Gasteiger partial charge in [-0.3, -0.25) is 4.79 Å². The van der Waals surface area contributed by atoms with Crippen LogP contribution in [0.5, 0.6) is 0 Å². The lowest BCUT2D eigenvalue weighted by molar-refractivity contribution is -0.149. The maximum Gasteiger partial charge on any atom is 0.370 e. The van der Waals surface area contributed by atoms with E-state index in [2.05, 4.69) is 5.32 Å². The second-order valence-electron chi connectivity index (χ2n) is 4.38. The number of carboxylic acids is 1. The molecule has 0 fully saturated rings. The van der Waals surface area contributed by atoms with Gasteiger partial charge in [0, 0.05) is 6.92 Å². The molecule has 0 radical (unpaired) electrons. The Labute approximate surface area is 114 Å². The molecule has 20 heavy (non-hydrogen) atoms. The van der Waals surface area contributed by atoms with E-state index in [0.29, 0.717) is 0 Å². The van der Waals surface area contributed by atoms with Crippen LogP contribution in [-0.4, -0.2) is 74.5 Å². The lowest BCUT2D eigenvalue weighted by Gasteiger charge is -2.37. The molecule has 0 aliphatic carbocycles. The number of aliphatic carboxylic acids is 1. The molecule has 1 aliphatic rings. The maximum atomic E-state index is 11.1. The van der Waals surface area contributed by atoms with Gasteiger partial charge in [0.1, 0.15) is 18.3 Å². The van der Waals surface area contributed by atoms with Crippen molar-refractivity contribution in [3.63, 3.8) is 0 Å². The van der Waals surface area contributed by atoms with E-state index in [9.17, 15) is 24.9 Å². The quantitative estimate of drug-likeness (QED) is 0.311. The summed E-state index contributed by atoms with van der Waals surface area (Å²) in [5.74, 6) is -2.63. The highest BCUT2D eigenvalue weighted by molar-refractivity contribution is 5.84. The Hall–Kier alpha value is -1.68. The first-order valence-corrected chi connectivity index (χ1v) is 5.81. The summed E-state index contributed by atoms with van der Waals surface area (Å²) in [6, 6.07) is -1.16. The van der Waals surface area contributed by atoms with E-state index in [1.54, 1.807) is 0 Å². The van der Waals surface area contributed by atoms with Crippen molar-refractivity contribution in [2.45, 2.75) is 37.4 Å². The van der Waals surface area contributed by atoms with Crippen LogP contribution in [0.3, 0.4) is 0 Å². The zero-order chi connectivity index (χ0) is 15.4. The fourth-order valence-electron chi connectivity index (χ4n) is 1.85. The lowest BCUT2D eigenvalue weighted by atomic mass is 9.94. The number of ether oxygens (including phenoxy) is 1. The van der Waals surface area contributed by atoms with Crippen molar-refractivity contribution in [1.29, 1.82) is 0 Å². The minimum Gasteiger partial charge on any atom is -0.478 e. The Bertz CT molecular complexity index is 409. The van der Waals surface area contributed by atoms with E-state index in [4.69, 9.17) is 14.9 Å². The van der Waals surface area contributed by atoms with E-state index in [1.165, 1.54) is 0 Å². The molecule has 5 atom stereocenters. The molecule has 9 heteroatoms. The Morgan fingerprint density at radius 2 is 2.05 bits per heavy atom. The summed E-state index contributed by atoms with van der Waals surface area (Å²) in [6.45, 7) is 0.366. The number of amides is 1. The number of hydrogen-bond donors (Lipinski definition) is 6. The predicted molar refractivity (Wildman–Crippen MR) is 63.3 cm³/mol. The van der Waals surface area contributed by atoms with Gasteiger partial charge in [-0.05, 0) is 6.08 Å². The zero-order valence-corrected chi connectivity index (χ0v) is 10.6. The molecule has 0 aromatic heterocycles. The van der Waals surface area contributed by atoms with Crippen LogP contribution < -0.4 is 5.32 Å².